The van der Waals surface area contributed by atoms with E-state index in [1.165, 1.54) is 11.1 Å². The van der Waals surface area contributed by atoms with Gasteiger partial charge in [-0.25, -0.2) is 9.97 Å². The van der Waals surface area contributed by atoms with E-state index >= 15 is 0 Å². The first-order chi connectivity index (χ1) is 16.3. The maximum atomic E-state index is 6.63. The Morgan fingerprint density at radius 1 is 0.576 bits per heavy atom. The standard InChI is InChI=1S/C26H33N7/c27-24-25(32-15-11-30(12-16-32)19-22-7-3-1-4-8-22)28-21-29-26(24)33-17-13-31(14-18-33)20-23-9-5-2-6-10-23/h1-10,21H,11-20,27H2. The molecule has 0 aliphatic carbocycles. The van der Waals surface area contributed by atoms with Crippen LogP contribution in [0.5, 0.6) is 0 Å². The van der Waals surface area contributed by atoms with Gasteiger partial charge in [0.1, 0.15) is 12.0 Å². The molecule has 172 valence electrons. The van der Waals surface area contributed by atoms with Gasteiger partial charge in [-0.05, 0) is 11.1 Å². The van der Waals surface area contributed by atoms with Crippen LogP contribution >= 0.6 is 0 Å². The van der Waals surface area contributed by atoms with Gasteiger partial charge in [0.25, 0.3) is 0 Å². The Labute approximate surface area is 196 Å². The van der Waals surface area contributed by atoms with E-state index in [2.05, 4.69) is 90.2 Å². The minimum absolute atomic E-state index is 0.713. The molecule has 3 aromatic rings. The summed E-state index contributed by atoms with van der Waals surface area (Å²) in [4.78, 5) is 18.8. The molecule has 2 aliphatic rings. The molecular formula is C26H33N7. The Morgan fingerprint density at radius 2 is 0.970 bits per heavy atom. The van der Waals surface area contributed by atoms with E-state index in [-0.39, 0.29) is 0 Å². The van der Waals surface area contributed by atoms with Crippen LogP contribution in [0, 0.1) is 0 Å². The van der Waals surface area contributed by atoms with Crippen molar-refractivity contribution in [3.05, 3.63) is 78.1 Å². The number of nitrogens with zero attached hydrogens (tertiary/aromatic N) is 6. The fourth-order valence-corrected chi connectivity index (χ4v) is 4.80. The molecule has 1 aromatic heterocycles. The molecule has 0 atom stereocenters. The van der Waals surface area contributed by atoms with Crippen LogP contribution < -0.4 is 15.5 Å². The third kappa shape index (κ3) is 5.26. The first-order valence-electron chi connectivity index (χ1n) is 11.9. The molecule has 0 saturated carbocycles. The molecule has 2 aromatic carbocycles. The van der Waals surface area contributed by atoms with E-state index in [0.717, 1.165) is 77.1 Å². The lowest BCUT2D eigenvalue weighted by molar-refractivity contribution is 0.248. The third-order valence-electron chi connectivity index (χ3n) is 6.68. The van der Waals surface area contributed by atoms with Crippen LogP contribution in [0.15, 0.2) is 67.0 Å². The Balaban J connectivity index is 1.18. The molecule has 7 heteroatoms. The van der Waals surface area contributed by atoms with Gasteiger partial charge < -0.3 is 15.5 Å². The molecule has 0 bridgehead atoms. The van der Waals surface area contributed by atoms with Crippen molar-refractivity contribution in [3.63, 3.8) is 0 Å². The number of nitrogen functional groups attached to an aromatic ring is 1. The van der Waals surface area contributed by atoms with Crippen molar-refractivity contribution in [2.45, 2.75) is 13.1 Å². The lowest BCUT2D eigenvalue weighted by Gasteiger charge is -2.38. The van der Waals surface area contributed by atoms with Crippen molar-refractivity contribution < 1.29 is 0 Å². The molecule has 2 fully saturated rings. The van der Waals surface area contributed by atoms with Gasteiger partial charge in [0.05, 0.1) is 0 Å². The van der Waals surface area contributed by atoms with Gasteiger partial charge in [0.2, 0.25) is 0 Å². The number of piperazine rings is 2. The van der Waals surface area contributed by atoms with Crippen LogP contribution in [0.1, 0.15) is 11.1 Å². The van der Waals surface area contributed by atoms with E-state index < -0.39 is 0 Å². The second kappa shape index (κ2) is 10.2. The summed E-state index contributed by atoms with van der Waals surface area (Å²) in [6.45, 7) is 9.72. The molecule has 0 spiro atoms. The average Bonchev–Trinajstić information content (AvgIpc) is 2.87. The summed E-state index contributed by atoms with van der Waals surface area (Å²) in [6, 6.07) is 21.3. The molecule has 0 radical (unpaired) electrons. The molecule has 7 nitrogen and oxygen atoms in total. The maximum Gasteiger partial charge on any atom is 0.157 e. The summed E-state index contributed by atoms with van der Waals surface area (Å²) in [5, 5.41) is 0. The number of rotatable bonds is 6. The predicted octanol–water partition coefficient (Wildman–Crippen LogP) is 2.70. The van der Waals surface area contributed by atoms with Crippen molar-refractivity contribution in [2.75, 3.05) is 67.9 Å². The number of hydrogen-bond donors (Lipinski definition) is 1. The second-order valence-corrected chi connectivity index (χ2v) is 8.93. The van der Waals surface area contributed by atoms with E-state index in [4.69, 9.17) is 5.73 Å². The zero-order chi connectivity index (χ0) is 22.5. The highest BCUT2D eigenvalue weighted by atomic mass is 15.3. The highest BCUT2D eigenvalue weighted by Gasteiger charge is 2.25. The first-order valence-corrected chi connectivity index (χ1v) is 11.9. The van der Waals surface area contributed by atoms with Gasteiger partial charge in [-0.3, -0.25) is 9.80 Å². The van der Waals surface area contributed by atoms with Crippen LogP contribution in [0.4, 0.5) is 17.3 Å². The number of hydrogen-bond acceptors (Lipinski definition) is 7. The van der Waals surface area contributed by atoms with Gasteiger partial charge in [0, 0.05) is 65.4 Å². The lowest BCUT2D eigenvalue weighted by Crippen LogP contribution is -2.47. The number of aromatic nitrogens is 2. The molecule has 0 amide bonds. The largest absolute Gasteiger partial charge is 0.393 e. The van der Waals surface area contributed by atoms with Crippen LogP contribution in [-0.4, -0.2) is 72.1 Å². The van der Waals surface area contributed by atoms with Gasteiger partial charge in [-0.15, -0.1) is 0 Å². The molecule has 2 aliphatic heterocycles. The number of benzene rings is 2. The number of nitrogens with two attached hydrogens (primary N) is 1. The molecule has 2 N–H and O–H groups in total. The monoisotopic (exact) mass is 443 g/mol. The summed E-state index contributed by atoms with van der Waals surface area (Å²) in [5.74, 6) is 1.76. The SMILES string of the molecule is Nc1c(N2CCN(Cc3ccccc3)CC2)ncnc1N1CCN(Cc2ccccc2)CC1. The van der Waals surface area contributed by atoms with Crippen molar-refractivity contribution in [1.29, 1.82) is 0 Å². The fraction of sp³-hybridized carbons (Fsp3) is 0.385. The van der Waals surface area contributed by atoms with Crippen molar-refractivity contribution in [3.8, 4) is 0 Å². The van der Waals surface area contributed by atoms with Crippen molar-refractivity contribution >= 4 is 17.3 Å². The third-order valence-corrected chi connectivity index (χ3v) is 6.68. The quantitative estimate of drug-likeness (QED) is 0.628. The first kappa shape index (κ1) is 21.7. The molecule has 2 saturated heterocycles. The van der Waals surface area contributed by atoms with Crippen LogP contribution in [0.2, 0.25) is 0 Å². The predicted molar refractivity (Wildman–Crippen MR) is 134 cm³/mol. The molecule has 5 rings (SSSR count). The van der Waals surface area contributed by atoms with Crippen LogP contribution in [0.3, 0.4) is 0 Å². The smallest absolute Gasteiger partial charge is 0.157 e. The van der Waals surface area contributed by atoms with Crippen LogP contribution in [-0.2, 0) is 13.1 Å². The van der Waals surface area contributed by atoms with E-state index in [0.29, 0.717) is 5.69 Å². The van der Waals surface area contributed by atoms with Gasteiger partial charge >= 0.3 is 0 Å². The van der Waals surface area contributed by atoms with E-state index in [1.807, 2.05) is 0 Å². The topological polar surface area (TPSA) is 64.8 Å². The summed E-state index contributed by atoms with van der Waals surface area (Å²) in [5.41, 5.74) is 10.1. The summed E-state index contributed by atoms with van der Waals surface area (Å²) < 4.78 is 0. The Hall–Kier alpha value is -3.16. The Bertz CT molecular complexity index is 932. The van der Waals surface area contributed by atoms with Crippen LogP contribution in [0.25, 0.3) is 0 Å². The maximum absolute atomic E-state index is 6.63. The van der Waals surface area contributed by atoms with Crippen molar-refractivity contribution in [2.24, 2.45) is 0 Å². The minimum Gasteiger partial charge on any atom is -0.393 e. The van der Waals surface area contributed by atoms with Gasteiger partial charge in [0.15, 0.2) is 11.6 Å². The summed E-state index contributed by atoms with van der Waals surface area (Å²) in [7, 11) is 0. The summed E-state index contributed by atoms with van der Waals surface area (Å²) in [6.07, 6.45) is 1.67. The zero-order valence-corrected chi connectivity index (χ0v) is 19.2. The summed E-state index contributed by atoms with van der Waals surface area (Å²) >= 11 is 0. The van der Waals surface area contributed by atoms with Gasteiger partial charge in [-0.1, -0.05) is 60.7 Å². The second-order valence-electron chi connectivity index (χ2n) is 8.93. The Kier molecular flexibility index (Phi) is 6.69. The van der Waals surface area contributed by atoms with Crippen molar-refractivity contribution in [1.82, 2.24) is 19.8 Å². The fourth-order valence-electron chi connectivity index (χ4n) is 4.80. The zero-order valence-electron chi connectivity index (χ0n) is 19.2. The normalized spacial score (nSPS) is 17.9. The number of anilines is 3. The lowest BCUT2D eigenvalue weighted by atomic mass is 10.2. The highest BCUT2D eigenvalue weighted by molar-refractivity contribution is 5.76. The molecule has 33 heavy (non-hydrogen) atoms. The molecule has 3 heterocycles. The van der Waals surface area contributed by atoms with E-state index in [1.54, 1.807) is 6.33 Å². The van der Waals surface area contributed by atoms with E-state index in [9.17, 15) is 0 Å². The minimum atomic E-state index is 0.713. The average molecular weight is 444 g/mol. The van der Waals surface area contributed by atoms with Gasteiger partial charge in [-0.2, -0.15) is 0 Å². The Morgan fingerprint density at radius 3 is 1.36 bits per heavy atom. The molecule has 0 unspecified atom stereocenters. The highest BCUT2D eigenvalue weighted by Crippen LogP contribution is 2.30. The molecular weight excluding hydrogens is 410 g/mol.